The highest BCUT2D eigenvalue weighted by Crippen LogP contribution is 2.34. The number of ketones is 1. The summed E-state index contributed by atoms with van der Waals surface area (Å²) in [6.07, 6.45) is 1.72. The lowest BCUT2D eigenvalue weighted by Gasteiger charge is -2.14. The first kappa shape index (κ1) is 7.43. The monoisotopic (exact) mass is 163 g/mol. The van der Waals surface area contributed by atoms with Gasteiger partial charge in [0.2, 0.25) is 0 Å². The van der Waals surface area contributed by atoms with E-state index >= 15 is 0 Å². The van der Waals surface area contributed by atoms with E-state index in [9.17, 15) is 9.90 Å². The average molecular weight is 163 g/mol. The minimum Gasteiger partial charge on any atom is -0.385 e. The smallest absolute Gasteiger partial charge is 0.184 e. The van der Waals surface area contributed by atoms with Gasteiger partial charge in [-0.25, -0.2) is 0 Å². The second-order valence-electron chi connectivity index (χ2n) is 3.27. The number of pyridine rings is 1. The topological polar surface area (TPSA) is 50.2 Å². The molecule has 1 N–H and O–H groups in total. The second-order valence-corrected chi connectivity index (χ2v) is 3.27. The van der Waals surface area contributed by atoms with Crippen LogP contribution in [0.5, 0.6) is 0 Å². The molecule has 0 unspecified atom stereocenters. The Hall–Kier alpha value is -1.22. The van der Waals surface area contributed by atoms with Gasteiger partial charge in [-0.05, 0) is 13.0 Å². The molecule has 62 valence electrons. The summed E-state index contributed by atoms with van der Waals surface area (Å²) in [5, 5.41) is 9.76. The van der Waals surface area contributed by atoms with Crippen molar-refractivity contribution in [3.8, 4) is 0 Å². The van der Waals surface area contributed by atoms with Crippen molar-refractivity contribution in [1.29, 1.82) is 0 Å². The molecule has 1 aliphatic rings. The molecule has 0 bridgehead atoms. The maximum atomic E-state index is 11.3. The Morgan fingerprint density at radius 2 is 2.42 bits per heavy atom. The fourth-order valence-corrected chi connectivity index (χ4v) is 1.55. The van der Waals surface area contributed by atoms with Crippen LogP contribution in [0.2, 0.25) is 0 Å². The molecule has 3 nitrogen and oxygen atoms in total. The lowest BCUT2D eigenvalue weighted by Crippen LogP contribution is -2.16. The van der Waals surface area contributed by atoms with Crippen molar-refractivity contribution >= 4 is 5.78 Å². The second kappa shape index (κ2) is 2.14. The number of fused-ring (bicyclic) bond motifs is 1. The number of Topliss-reactive ketones (excluding diaryl/α,β-unsaturated/α-hetero) is 1. The predicted octanol–water partition coefficient (Wildman–Crippen LogP) is 0.875. The molecule has 1 aliphatic carbocycles. The third-order valence-electron chi connectivity index (χ3n) is 2.16. The van der Waals surface area contributed by atoms with Gasteiger partial charge in [0.05, 0.1) is 5.60 Å². The summed E-state index contributed by atoms with van der Waals surface area (Å²) in [5.41, 5.74) is 0.0539. The fraction of sp³-hybridized carbons (Fsp3) is 0.333. The Kier molecular flexibility index (Phi) is 1.32. The molecule has 1 heterocycles. The standard InChI is InChI=1S/C9H9NO2/c1-9(12)5-7(11)8-6(9)3-2-4-10-8/h2-4,12H,5H2,1H3/t9-/m1/s1. The Labute approximate surface area is 70.1 Å². The SMILES string of the molecule is C[C@@]1(O)CC(=O)c2ncccc21. The molecular weight excluding hydrogens is 154 g/mol. The highest BCUT2D eigenvalue weighted by atomic mass is 16.3. The van der Waals surface area contributed by atoms with E-state index in [1.807, 2.05) is 0 Å². The third-order valence-corrected chi connectivity index (χ3v) is 2.16. The third kappa shape index (κ3) is 0.865. The van der Waals surface area contributed by atoms with Crippen LogP contribution >= 0.6 is 0 Å². The van der Waals surface area contributed by atoms with Crippen LogP contribution in [-0.2, 0) is 5.60 Å². The van der Waals surface area contributed by atoms with Crippen molar-refractivity contribution in [2.45, 2.75) is 18.9 Å². The Morgan fingerprint density at radius 3 is 3.08 bits per heavy atom. The minimum absolute atomic E-state index is 0.0735. The van der Waals surface area contributed by atoms with Gasteiger partial charge >= 0.3 is 0 Å². The van der Waals surface area contributed by atoms with Crippen LogP contribution in [0, 0.1) is 0 Å². The number of carbonyl (C=O) groups is 1. The molecular formula is C9H9NO2. The van der Waals surface area contributed by atoms with Crippen molar-refractivity contribution < 1.29 is 9.90 Å². The van der Waals surface area contributed by atoms with Crippen LogP contribution < -0.4 is 0 Å². The van der Waals surface area contributed by atoms with Crippen molar-refractivity contribution in [2.24, 2.45) is 0 Å². The number of rotatable bonds is 0. The van der Waals surface area contributed by atoms with Gasteiger partial charge in [0.1, 0.15) is 5.69 Å². The summed E-state index contributed by atoms with van der Waals surface area (Å²) in [6.45, 7) is 1.64. The van der Waals surface area contributed by atoms with Crippen molar-refractivity contribution in [1.82, 2.24) is 4.98 Å². The first-order valence-electron chi connectivity index (χ1n) is 3.82. The van der Waals surface area contributed by atoms with Gasteiger partial charge in [-0.3, -0.25) is 9.78 Å². The number of aliphatic hydroxyl groups is 1. The number of hydrogen-bond donors (Lipinski definition) is 1. The van der Waals surface area contributed by atoms with E-state index in [4.69, 9.17) is 0 Å². The van der Waals surface area contributed by atoms with E-state index in [0.29, 0.717) is 11.3 Å². The minimum atomic E-state index is -1.01. The number of carbonyl (C=O) groups excluding carboxylic acids is 1. The van der Waals surface area contributed by atoms with Gasteiger partial charge in [0.25, 0.3) is 0 Å². The molecule has 1 aromatic rings. The molecule has 0 aliphatic heterocycles. The van der Waals surface area contributed by atoms with Gasteiger partial charge in [0, 0.05) is 18.2 Å². The van der Waals surface area contributed by atoms with E-state index in [2.05, 4.69) is 4.98 Å². The van der Waals surface area contributed by atoms with Crippen LogP contribution in [0.25, 0.3) is 0 Å². The highest BCUT2D eigenvalue weighted by molar-refractivity contribution is 5.99. The maximum Gasteiger partial charge on any atom is 0.184 e. The maximum absolute atomic E-state index is 11.3. The largest absolute Gasteiger partial charge is 0.385 e. The molecule has 12 heavy (non-hydrogen) atoms. The molecule has 0 saturated heterocycles. The lowest BCUT2D eigenvalue weighted by atomic mass is 10.0. The number of aromatic nitrogens is 1. The zero-order valence-corrected chi connectivity index (χ0v) is 6.74. The molecule has 2 rings (SSSR count). The molecule has 0 saturated carbocycles. The summed E-state index contributed by atoms with van der Waals surface area (Å²) in [4.78, 5) is 15.2. The molecule has 1 aromatic heterocycles. The van der Waals surface area contributed by atoms with Crippen molar-refractivity contribution in [2.75, 3.05) is 0 Å². The lowest BCUT2D eigenvalue weighted by molar-refractivity contribution is 0.0534. The number of hydrogen-bond acceptors (Lipinski definition) is 3. The highest BCUT2D eigenvalue weighted by Gasteiger charge is 2.38. The molecule has 3 heteroatoms. The van der Waals surface area contributed by atoms with Gasteiger partial charge in [-0.2, -0.15) is 0 Å². The molecule has 0 radical (unpaired) electrons. The van der Waals surface area contributed by atoms with Crippen molar-refractivity contribution in [3.05, 3.63) is 29.6 Å². The summed E-state index contributed by atoms with van der Waals surface area (Å²) in [7, 11) is 0. The zero-order chi connectivity index (χ0) is 8.77. The Bertz CT molecular complexity index is 344. The summed E-state index contributed by atoms with van der Waals surface area (Å²) in [6, 6.07) is 3.47. The number of nitrogens with zero attached hydrogens (tertiary/aromatic N) is 1. The van der Waals surface area contributed by atoms with E-state index < -0.39 is 5.60 Å². The predicted molar refractivity (Wildman–Crippen MR) is 42.8 cm³/mol. The quantitative estimate of drug-likeness (QED) is 0.617. The first-order chi connectivity index (χ1) is 5.61. The van der Waals surface area contributed by atoms with Gasteiger partial charge in [-0.15, -0.1) is 0 Å². The van der Waals surface area contributed by atoms with Gasteiger partial charge < -0.3 is 5.11 Å². The van der Waals surface area contributed by atoms with Crippen LogP contribution in [-0.4, -0.2) is 15.9 Å². The van der Waals surface area contributed by atoms with Gasteiger partial charge in [-0.1, -0.05) is 6.07 Å². The van der Waals surface area contributed by atoms with E-state index in [-0.39, 0.29) is 12.2 Å². The molecule has 0 fully saturated rings. The van der Waals surface area contributed by atoms with Crippen molar-refractivity contribution in [3.63, 3.8) is 0 Å². The Balaban J connectivity index is 2.66. The zero-order valence-electron chi connectivity index (χ0n) is 6.74. The summed E-state index contributed by atoms with van der Waals surface area (Å²) in [5.74, 6) is -0.0735. The van der Waals surface area contributed by atoms with Crippen LogP contribution in [0.3, 0.4) is 0 Å². The van der Waals surface area contributed by atoms with Crippen LogP contribution in [0.15, 0.2) is 18.3 Å². The molecule has 0 spiro atoms. The average Bonchev–Trinajstić information content (AvgIpc) is 2.25. The molecule has 0 amide bonds. The molecule has 0 aromatic carbocycles. The van der Waals surface area contributed by atoms with Crippen LogP contribution in [0.4, 0.5) is 0 Å². The normalized spacial score (nSPS) is 27.3. The Morgan fingerprint density at radius 1 is 1.67 bits per heavy atom. The van der Waals surface area contributed by atoms with Gasteiger partial charge in [0.15, 0.2) is 5.78 Å². The fourth-order valence-electron chi connectivity index (χ4n) is 1.55. The van der Waals surface area contributed by atoms with E-state index in [1.54, 1.807) is 25.3 Å². The summed E-state index contributed by atoms with van der Waals surface area (Å²) >= 11 is 0. The van der Waals surface area contributed by atoms with E-state index in [1.165, 1.54) is 0 Å². The first-order valence-corrected chi connectivity index (χ1v) is 3.82. The molecule has 1 atom stereocenters. The van der Waals surface area contributed by atoms with E-state index in [0.717, 1.165) is 0 Å². The summed E-state index contributed by atoms with van der Waals surface area (Å²) < 4.78 is 0. The van der Waals surface area contributed by atoms with Crippen LogP contribution in [0.1, 0.15) is 29.4 Å².